The van der Waals surface area contributed by atoms with Gasteiger partial charge in [0.2, 0.25) is 0 Å². The molecule has 0 aliphatic carbocycles. The van der Waals surface area contributed by atoms with E-state index in [1.807, 2.05) is 18.2 Å². The van der Waals surface area contributed by atoms with Crippen molar-refractivity contribution in [2.45, 2.75) is 13.3 Å². The molecule has 0 bridgehead atoms. The highest BCUT2D eigenvalue weighted by atomic mass is 35.5. The Labute approximate surface area is 97.6 Å². The van der Waals surface area contributed by atoms with Crippen LogP contribution in [0.2, 0.25) is 5.22 Å². The molecule has 1 aromatic heterocycles. The molecule has 1 N–H and O–H groups in total. The summed E-state index contributed by atoms with van der Waals surface area (Å²) in [5.74, 6) is -1.19. The van der Waals surface area contributed by atoms with Crippen LogP contribution in [-0.2, 0) is 11.2 Å². The zero-order valence-corrected chi connectivity index (χ0v) is 9.49. The topological polar surface area (TPSA) is 50.4 Å². The molecule has 3 nitrogen and oxygen atoms in total. The fourth-order valence-electron chi connectivity index (χ4n) is 1.61. The van der Waals surface area contributed by atoms with Gasteiger partial charge in [0, 0.05) is 11.5 Å². The van der Waals surface area contributed by atoms with Gasteiger partial charge in [0.15, 0.2) is 5.22 Å². The summed E-state index contributed by atoms with van der Waals surface area (Å²) < 4.78 is 5.27. The van der Waals surface area contributed by atoms with Gasteiger partial charge in [-0.15, -0.1) is 0 Å². The molecule has 0 spiro atoms. The number of benzene rings is 1. The Balaban J connectivity index is 2.28. The van der Waals surface area contributed by atoms with Crippen LogP contribution in [0.3, 0.4) is 0 Å². The van der Waals surface area contributed by atoms with Crippen molar-refractivity contribution in [3.63, 3.8) is 0 Å². The maximum Gasteiger partial charge on any atom is 0.306 e. The van der Waals surface area contributed by atoms with Gasteiger partial charge in [-0.3, -0.25) is 4.79 Å². The van der Waals surface area contributed by atoms with Crippen molar-refractivity contribution in [2.75, 3.05) is 0 Å². The number of carbonyl (C=O) groups is 1. The van der Waals surface area contributed by atoms with E-state index in [2.05, 4.69) is 0 Å². The van der Waals surface area contributed by atoms with Crippen LogP contribution in [0.4, 0.5) is 0 Å². The predicted molar refractivity (Wildman–Crippen MR) is 61.7 cm³/mol. The molecule has 2 aromatic rings. The maximum absolute atomic E-state index is 10.7. The first kappa shape index (κ1) is 11.0. The number of hydrogen-bond donors (Lipinski definition) is 1. The Morgan fingerprint density at radius 1 is 1.50 bits per heavy atom. The molecule has 1 atom stereocenters. The van der Waals surface area contributed by atoms with E-state index in [0.717, 1.165) is 10.9 Å². The lowest BCUT2D eigenvalue weighted by molar-refractivity contribution is -0.141. The lowest BCUT2D eigenvalue weighted by atomic mass is 10.0. The van der Waals surface area contributed by atoms with E-state index < -0.39 is 11.9 Å². The van der Waals surface area contributed by atoms with Gasteiger partial charge in [-0.05, 0) is 29.7 Å². The largest absolute Gasteiger partial charge is 0.481 e. The van der Waals surface area contributed by atoms with Gasteiger partial charge in [0.1, 0.15) is 5.58 Å². The molecule has 1 heterocycles. The summed E-state index contributed by atoms with van der Waals surface area (Å²) in [5.41, 5.74) is 1.63. The van der Waals surface area contributed by atoms with Gasteiger partial charge in [0.05, 0.1) is 5.92 Å². The van der Waals surface area contributed by atoms with Gasteiger partial charge < -0.3 is 9.52 Å². The fraction of sp³-hybridized carbons (Fsp3) is 0.250. The second kappa shape index (κ2) is 4.18. The maximum atomic E-state index is 10.7. The van der Waals surface area contributed by atoms with Crippen LogP contribution in [0, 0.1) is 5.92 Å². The van der Waals surface area contributed by atoms with Crippen molar-refractivity contribution in [3.8, 4) is 0 Å². The minimum absolute atomic E-state index is 0.346. The van der Waals surface area contributed by atoms with Crippen LogP contribution in [0.15, 0.2) is 28.7 Å². The quantitative estimate of drug-likeness (QED) is 0.892. The van der Waals surface area contributed by atoms with E-state index >= 15 is 0 Å². The second-order valence-electron chi connectivity index (χ2n) is 3.87. The molecular weight excluding hydrogens is 228 g/mol. The first-order chi connectivity index (χ1) is 7.56. The molecular formula is C12H11ClO3. The van der Waals surface area contributed by atoms with E-state index in [4.69, 9.17) is 21.1 Å². The summed E-state index contributed by atoms with van der Waals surface area (Å²) in [6.07, 6.45) is 0.490. The number of aliphatic carboxylic acids is 1. The van der Waals surface area contributed by atoms with Crippen LogP contribution in [0.25, 0.3) is 11.0 Å². The van der Waals surface area contributed by atoms with Gasteiger partial charge in [0.25, 0.3) is 0 Å². The van der Waals surface area contributed by atoms with Crippen molar-refractivity contribution >= 4 is 28.5 Å². The molecule has 84 valence electrons. The number of halogens is 1. The van der Waals surface area contributed by atoms with E-state index in [1.54, 1.807) is 13.0 Å². The van der Waals surface area contributed by atoms with Crippen LogP contribution in [0.1, 0.15) is 12.5 Å². The first-order valence-electron chi connectivity index (χ1n) is 4.97. The van der Waals surface area contributed by atoms with Crippen molar-refractivity contribution in [1.82, 2.24) is 0 Å². The van der Waals surface area contributed by atoms with E-state index in [0.29, 0.717) is 17.2 Å². The van der Waals surface area contributed by atoms with Gasteiger partial charge in [-0.2, -0.15) is 0 Å². The minimum atomic E-state index is -0.794. The third-order valence-electron chi connectivity index (χ3n) is 2.52. The summed E-state index contributed by atoms with van der Waals surface area (Å²) in [7, 11) is 0. The van der Waals surface area contributed by atoms with Crippen molar-refractivity contribution in [2.24, 2.45) is 5.92 Å². The summed E-state index contributed by atoms with van der Waals surface area (Å²) in [6.45, 7) is 1.68. The number of rotatable bonds is 3. The monoisotopic (exact) mass is 238 g/mol. The highest BCUT2D eigenvalue weighted by Crippen LogP contribution is 2.24. The smallest absolute Gasteiger partial charge is 0.306 e. The standard InChI is InChI=1S/C12H11ClO3/c1-7(12(14)15)4-8-2-3-9-6-11(13)16-10(9)5-8/h2-3,5-7H,4H2,1H3,(H,14,15). The van der Waals surface area contributed by atoms with Crippen LogP contribution >= 0.6 is 11.6 Å². The second-order valence-corrected chi connectivity index (χ2v) is 4.24. The zero-order chi connectivity index (χ0) is 11.7. The molecule has 0 amide bonds. The lowest BCUT2D eigenvalue weighted by Crippen LogP contribution is -2.12. The number of carboxylic acids is 1. The number of carboxylic acid groups (broad SMARTS) is 1. The average Bonchev–Trinajstić information content (AvgIpc) is 2.57. The third kappa shape index (κ3) is 2.19. The summed E-state index contributed by atoms with van der Waals surface area (Å²) in [6, 6.07) is 7.35. The normalized spacial score (nSPS) is 12.9. The van der Waals surface area contributed by atoms with Gasteiger partial charge >= 0.3 is 5.97 Å². The highest BCUT2D eigenvalue weighted by Gasteiger charge is 2.12. The molecule has 0 fully saturated rings. The number of hydrogen-bond acceptors (Lipinski definition) is 2. The molecule has 4 heteroatoms. The molecule has 0 saturated carbocycles. The van der Waals surface area contributed by atoms with Crippen molar-refractivity contribution in [1.29, 1.82) is 0 Å². The number of furan rings is 1. The highest BCUT2D eigenvalue weighted by molar-refractivity contribution is 6.29. The molecule has 16 heavy (non-hydrogen) atoms. The van der Waals surface area contributed by atoms with E-state index in [1.165, 1.54) is 0 Å². The van der Waals surface area contributed by atoms with Crippen molar-refractivity contribution < 1.29 is 14.3 Å². The Kier molecular flexibility index (Phi) is 2.88. The van der Waals surface area contributed by atoms with Crippen LogP contribution in [0.5, 0.6) is 0 Å². The third-order valence-corrected chi connectivity index (χ3v) is 2.70. The van der Waals surface area contributed by atoms with Crippen LogP contribution in [-0.4, -0.2) is 11.1 Å². The lowest BCUT2D eigenvalue weighted by Gasteiger charge is -2.05. The molecule has 0 aliphatic rings. The predicted octanol–water partition coefficient (Wildman–Crippen LogP) is 3.35. The summed E-state index contributed by atoms with van der Waals surface area (Å²) in [4.78, 5) is 10.7. The first-order valence-corrected chi connectivity index (χ1v) is 5.35. The summed E-state index contributed by atoms with van der Waals surface area (Å²) >= 11 is 5.73. The van der Waals surface area contributed by atoms with Crippen LogP contribution < -0.4 is 0 Å². The summed E-state index contributed by atoms with van der Waals surface area (Å²) in [5, 5.41) is 10.1. The Bertz CT molecular complexity index is 530. The molecule has 0 aliphatic heterocycles. The Morgan fingerprint density at radius 2 is 2.25 bits per heavy atom. The van der Waals surface area contributed by atoms with E-state index in [9.17, 15) is 4.79 Å². The molecule has 1 unspecified atom stereocenters. The number of fused-ring (bicyclic) bond motifs is 1. The SMILES string of the molecule is CC(Cc1ccc2cc(Cl)oc2c1)C(=O)O. The molecule has 1 aromatic carbocycles. The molecule has 2 rings (SSSR count). The Hall–Kier alpha value is -1.48. The van der Waals surface area contributed by atoms with Gasteiger partial charge in [-0.25, -0.2) is 0 Å². The van der Waals surface area contributed by atoms with Gasteiger partial charge in [-0.1, -0.05) is 19.1 Å². The average molecular weight is 239 g/mol. The zero-order valence-electron chi connectivity index (χ0n) is 8.74. The van der Waals surface area contributed by atoms with E-state index in [-0.39, 0.29) is 0 Å². The Morgan fingerprint density at radius 3 is 2.94 bits per heavy atom. The fourth-order valence-corrected chi connectivity index (χ4v) is 1.81. The molecule has 0 saturated heterocycles. The minimum Gasteiger partial charge on any atom is -0.481 e. The molecule has 0 radical (unpaired) electrons. The van der Waals surface area contributed by atoms with Crippen molar-refractivity contribution in [3.05, 3.63) is 35.0 Å².